The van der Waals surface area contributed by atoms with Crippen molar-refractivity contribution in [2.75, 3.05) is 14.2 Å². The van der Waals surface area contributed by atoms with Crippen molar-refractivity contribution in [3.05, 3.63) is 72.2 Å². The summed E-state index contributed by atoms with van der Waals surface area (Å²) in [5, 5.41) is 12.1. The first-order valence-corrected chi connectivity index (χ1v) is 11.4. The van der Waals surface area contributed by atoms with Gasteiger partial charge in [0.2, 0.25) is 5.69 Å². The number of rotatable bonds is 7. The van der Waals surface area contributed by atoms with Gasteiger partial charge in [0.05, 0.1) is 27.0 Å². The summed E-state index contributed by atoms with van der Waals surface area (Å²) in [6.07, 6.45) is 2.60. The Labute approximate surface area is 213 Å². The van der Waals surface area contributed by atoms with E-state index in [-0.39, 0.29) is 11.6 Å². The summed E-state index contributed by atoms with van der Waals surface area (Å²) in [4.78, 5) is 24.5. The number of hydrogen-bond donors (Lipinski definition) is 0. The number of aromatic nitrogens is 5. The maximum Gasteiger partial charge on any atom is 0.435 e. The third kappa shape index (κ3) is 6.13. The quantitative estimate of drug-likeness (QED) is 0.333. The number of methoxy groups -OCH3 is 2. The number of nitrogens with zero attached hydrogens (tertiary/aromatic N) is 5. The van der Waals surface area contributed by atoms with E-state index < -0.39 is 17.7 Å². The van der Waals surface area contributed by atoms with E-state index in [1.807, 2.05) is 24.3 Å². The van der Waals surface area contributed by atoms with Crippen LogP contribution < -0.4 is 9.47 Å². The fourth-order valence-corrected chi connectivity index (χ4v) is 3.34. The monoisotopic (exact) mass is 505 g/mol. The van der Waals surface area contributed by atoms with E-state index in [9.17, 15) is 9.59 Å². The zero-order valence-corrected chi connectivity index (χ0v) is 21.2. The van der Waals surface area contributed by atoms with Crippen LogP contribution in [0, 0.1) is 0 Å². The highest BCUT2D eigenvalue weighted by Gasteiger charge is 2.23. The van der Waals surface area contributed by atoms with Gasteiger partial charge >= 0.3 is 12.1 Å². The molecule has 2 heterocycles. The molecule has 0 aliphatic carbocycles. The maximum absolute atomic E-state index is 12.3. The van der Waals surface area contributed by atoms with Gasteiger partial charge in [-0.1, -0.05) is 29.5 Å². The van der Waals surface area contributed by atoms with Gasteiger partial charge in [0.15, 0.2) is 0 Å². The van der Waals surface area contributed by atoms with Crippen LogP contribution in [0.4, 0.5) is 4.79 Å². The molecule has 0 spiro atoms. The average Bonchev–Trinajstić information content (AvgIpc) is 3.52. The molecule has 0 saturated carbocycles. The number of hydrogen-bond acceptors (Lipinski definition) is 9. The van der Waals surface area contributed by atoms with E-state index in [1.54, 1.807) is 64.5 Å². The third-order valence-corrected chi connectivity index (χ3v) is 5.13. The molecule has 0 saturated heterocycles. The van der Waals surface area contributed by atoms with E-state index in [0.29, 0.717) is 12.3 Å². The van der Waals surface area contributed by atoms with Gasteiger partial charge in [0.1, 0.15) is 17.1 Å². The van der Waals surface area contributed by atoms with Crippen molar-refractivity contribution in [1.82, 2.24) is 24.8 Å². The summed E-state index contributed by atoms with van der Waals surface area (Å²) in [6, 6.07) is 14.5. The molecule has 0 radical (unpaired) electrons. The molecule has 2 aromatic carbocycles. The zero-order valence-electron chi connectivity index (χ0n) is 21.2. The second-order valence-electron chi connectivity index (χ2n) is 9.02. The van der Waals surface area contributed by atoms with Crippen molar-refractivity contribution in [2.45, 2.75) is 32.9 Å². The van der Waals surface area contributed by atoms with Crippen LogP contribution in [0.25, 0.3) is 11.1 Å². The molecule has 0 N–H and O–H groups in total. The topological polar surface area (TPSA) is 120 Å². The van der Waals surface area contributed by atoms with Crippen LogP contribution in [0.2, 0.25) is 0 Å². The van der Waals surface area contributed by atoms with Crippen molar-refractivity contribution in [3.63, 3.8) is 0 Å². The molecule has 192 valence electrons. The Bertz CT molecular complexity index is 1380. The number of ether oxygens (including phenoxy) is 4. The maximum atomic E-state index is 12.3. The molecule has 4 rings (SSSR count). The molecule has 0 aliphatic heterocycles. The highest BCUT2D eigenvalue weighted by molar-refractivity contribution is 5.89. The van der Waals surface area contributed by atoms with Crippen LogP contribution in [0.5, 0.6) is 17.4 Å². The van der Waals surface area contributed by atoms with Crippen LogP contribution >= 0.6 is 0 Å². The first kappa shape index (κ1) is 25.4. The third-order valence-electron chi connectivity index (χ3n) is 5.13. The normalized spacial score (nSPS) is 11.2. The summed E-state index contributed by atoms with van der Waals surface area (Å²) in [5.74, 6) is 0.660. The van der Waals surface area contributed by atoms with Crippen LogP contribution in [-0.2, 0) is 16.0 Å². The molecule has 11 heteroatoms. The summed E-state index contributed by atoms with van der Waals surface area (Å²) < 4.78 is 24.0. The van der Waals surface area contributed by atoms with Gasteiger partial charge in [0.25, 0.3) is 5.88 Å². The lowest BCUT2D eigenvalue weighted by Crippen LogP contribution is -2.27. The number of benzene rings is 2. The lowest BCUT2D eigenvalue weighted by Gasteiger charge is -2.18. The smallest absolute Gasteiger partial charge is 0.435 e. The predicted molar refractivity (Wildman–Crippen MR) is 133 cm³/mol. The molecule has 4 aromatic rings. The van der Waals surface area contributed by atoms with Crippen molar-refractivity contribution in [1.29, 1.82) is 0 Å². The minimum Gasteiger partial charge on any atom is -0.497 e. The molecule has 0 amide bonds. The second kappa shape index (κ2) is 10.5. The van der Waals surface area contributed by atoms with Gasteiger partial charge in [-0.25, -0.2) is 14.3 Å². The fourth-order valence-electron chi connectivity index (χ4n) is 3.34. The highest BCUT2D eigenvalue weighted by Crippen LogP contribution is 2.28. The second-order valence-corrected chi connectivity index (χ2v) is 9.02. The van der Waals surface area contributed by atoms with Crippen molar-refractivity contribution in [2.24, 2.45) is 0 Å². The van der Waals surface area contributed by atoms with Gasteiger partial charge < -0.3 is 18.9 Å². The molecule has 0 fully saturated rings. The number of carbonyl (C=O) groups excluding carboxylic acids is 2. The first-order valence-electron chi connectivity index (χ1n) is 11.4. The average molecular weight is 506 g/mol. The number of esters is 1. The standard InChI is InChI=1S/C26H27N5O6/c1-26(2,3)37-25(33)31-16-19(14-27-31)18-8-12-21(13-9-18)36-23-22(24(32)35-5)28-29-30(23)15-17-6-10-20(34-4)11-7-17/h6-14,16H,15H2,1-5H3. The minimum atomic E-state index is -0.665. The van der Waals surface area contributed by atoms with Crippen molar-refractivity contribution in [3.8, 4) is 28.5 Å². The molecule has 2 aromatic heterocycles. The first-order chi connectivity index (χ1) is 17.7. The van der Waals surface area contributed by atoms with E-state index in [0.717, 1.165) is 27.1 Å². The van der Waals surface area contributed by atoms with E-state index in [4.69, 9.17) is 18.9 Å². The van der Waals surface area contributed by atoms with Gasteiger partial charge in [-0.05, 0) is 56.2 Å². The molecular weight excluding hydrogens is 478 g/mol. The van der Waals surface area contributed by atoms with Gasteiger partial charge in [-0.3, -0.25) is 0 Å². The van der Waals surface area contributed by atoms with Gasteiger partial charge in [0, 0.05) is 11.8 Å². The van der Waals surface area contributed by atoms with E-state index >= 15 is 0 Å². The van der Waals surface area contributed by atoms with Crippen molar-refractivity contribution < 1.29 is 28.5 Å². The van der Waals surface area contributed by atoms with Crippen LogP contribution in [-0.4, -0.2) is 56.7 Å². The Morgan fingerprint density at radius 3 is 2.22 bits per heavy atom. The highest BCUT2D eigenvalue weighted by atomic mass is 16.6. The largest absolute Gasteiger partial charge is 0.497 e. The SMILES string of the molecule is COC(=O)c1nnn(Cc2ccc(OC)cc2)c1Oc1ccc(-c2cnn(C(=O)OC(C)(C)C)c2)cc1. The molecule has 11 nitrogen and oxygen atoms in total. The lowest BCUT2D eigenvalue weighted by molar-refractivity contribution is 0.0513. The summed E-state index contributed by atoms with van der Waals surface area (Å²) in [6.45, 7) is 5.68. The van der Waals surface area contributed by atoms with E-state index in [1.165, 1.54) is 11.8 Å². The Kier molecular flexibility index (Phi) is 7.23. The molecule has 37 heavy (non-hydrogen) atoms. The molecule has 0 bridgehead atoms. The van der Waals surface area contributed by atoms with Gasteiger partial charge in [-0.2, -0.15) is 9.78 Å². The van der Waals surface area contributed by atoms with Crippen molar-refractivity contribution >= 4 is 12.1 Å². The van der Waals surface area contributed by atoms with Crippen LogP contribution in [0.3, 0.4) is 0 Å². The molecule has 0 unspecified atom stereocenters. The van der Waals surface area contributed by atoms with E-state index in [2.05, 4.69) is 15.4 Å². The molecule has 0 atom stereocenters. The lowest BCUT2D eigenvalue weighted by atomic mass is 10.1. The predicted octanol–water partition coefficient (Wildman–Crippen LogP) is 4.56. The number of carbonyl (C=O) groups is 2. The molecular formula is C26H27N5O6. The molecule has 0 aliphatic rings. The van der Waals surface area contributed by atoms with Crippen LogP contribution in [0.1, 0.15) is 36.8 Å². The zero-order chi connectivity index (χ0) is 26.6. The minimum absolute atomic E-state index is 0.0428. The summed E-state index contributed by atoms with van der Waals surface area (Å²) in [5.41, 5.74) is 1.77. The Hall–Kier alpha value is -4.67. The summed E-state index contributed by atoms with van der Waals surface area (Å²) >= 11 is 0. The Balaban J connectivity index is 1.54. The Morgan fingerprint density at radius 1 is 0.919 bits per heavy atom. The fraction of sp³-hybridized carbons (Fsp3) is 0.269. The van der Waals surface area contributed by atoms with Crippen LogP contribution in [0.15, 0.2) is 60.9 Å². The summed E-state index contributed by atoms with van der Waals surface area (Å²) in [7, 11) is 2.86. The van der Waals surface area contributed by atoms with Gasteiger partial charge in [-0.15, -0.1) is 5.10 Å². The Morgan fingerprint density at radius 2 is 1.59 bits per heavy atom.